The molecule has 0 saturated heterocycles. The van der Waals surface area contributed by atoms with Crippen molar-refractivity contribution in [3.63, 3.8) is 0 Å². The molecule has 0 atom stereocenters. The number of aromatic nitrogens is 2. The molecule has 4 nitrogen and oxygen atoms in total. The number of nitriles is 1. The highest BCUT2D eigenvalue weighted by atomic mass is 28.3. The summed E-state index contributed by atoms with van der Waals surface area (Å²) >= 11 is 0. The Morgan fingerprint density at radius 2 is 0.900 bits per heavy atom. The van der Waals surface area contributed by atoms with Crippen molar-refractivity contribution >= 4 is 94.4 Å². The van der Waals surface area contributed by atoms with Crippen molar-refractivity contribution in [3.8, 4) is 17.4 Å². The zero-order valence-corrected chi connectivity index (χ0v) is 33.5. The molecule has 0 fully saturated rings. The maximum atomic E-state index is 9.82. The molecule has 0 aliphatic carbocycles. The van der Waals surface area contributed by atoms with E-state index in [2.05, 4.69) is 203 Å². The number of para-hydroxylation sites is 3. The van der Waals surface area contributed by atoms with Crippen LogP contribution in [0.5, 0.6) is 0 Å². The molecular formula is C55H35N3OSi. The van der Waals surface area contributed by atoms with Gasteiger partial charge in [-0.1, -0.05) is 140 Å². The Bertz CT molecular complexity index is 3630. The number of furan rings is 1. The van der Waals surface area contributed by atoms with Crippen LogP contribution in [0.3, 0.4) is 0 Å². The summed E-state index contributed by atoms with van der Waals surface area (Å²) in [5, 5.41) is 21.8. The topological polar surface area (TPSA) is 46.8 Å². The molecule has 60 heavy (non-hydrogen) atoms. The number of nitrogens with zero attached hydrogens (tertiary/aromatic N) is 3. The third kappa shape index (κ3) is 4.95. The Labute approximate surface area is 347 Å². The molecule has 0 spiro atoms. The summed E-state index contributed by atoms with van der Waals surface area (Å²) in [7, 11) is -2.94. The molecular weight excluding hydrogens is 747 g/mol. The number of rotatable bonds is 6. The molecule has 5 heteroatoms. The standard InChI is InChI=1S/C55H35N3OSi/c56-36-37-26-31-52-47(32-37)44-20-7-11-24-51(44)58(52)39-14-13-19-43(33-39)60(40-15-3-1-4-16-40,41-17-5-2-6-18-41)42-29-27-38(28-30-42)57-50-23-10-8-21-45(50)48-35-55-49(34-53(48)57)46-22-9-12-25-54(46)59-55/h1-35H. The smallest absolute Gasteiger partial charge is 0.179 e. The van der Waals surface area contributed by atoms with E-state index in [9.17, 15) is 5.26 Å². The van der Waals surface area contributed by atoms with Gasteiger partial charge in [0, 0.05) is 43.7 Å². The van der Waals surface area contributed by atoms with E-state index in [4.69, 9.17) is 4.42 Å². The van der Waals surface area contributed by atoms with E-state index in [0.717, 1.165) is 66.2 Å². The first-order valence-corrected chi connectivity index (χ1v) is 22.3. The maximum absolute atomic E-state index is 9.82. The van der Waals surface area contributed by atoms with Crippen LogP contribution in [-0.4, -0.2) is 17.2 Å². The van der Waals surface area contributed by atoms with Crippen molar-refractivity contribution in [1.82, 2.24) is 9.13 Å². The molecule has 0 unspecified atom stereocenters. The summed E-state index contributed by atoms with van der Waals surface area (Å²) in [6, 6.07) is 79.2. The van der Waals surface area contributed by atoms with Crippen LogP contribution in [0, 0.1) is 11.3 Å². The van der Waals surface area contributed by atoms with Gasteiger partial charge in [0.2, 0.25) is 0 Å². The first kappa shape index (κ1) is 34.2. The minimum absolute atomic E-state index is 0.659. The fraction of sp³-hybridized carbons (Fsp3) is 0. The van der Waals surface area contributed by atoms with Crippen molar-refractivity contribution < 1.29 is 4.42 Å². The lowest BCUT2D eigenvalue weighted by atomic mass is 10.1. The van der Waals surface area contributed by atoms with E-state index >= 15 is 0 Å². The highest BCUT2D eigenvalue weighted by molar-refractivity contribution is 7.19. The van der Waals surface area contributed by atoms with Gasteiger partial charge in [-0.2, -0.15) is 5.26 Å². The molecule has 12 aromatic rings. The van der Waals surface area contributed by atoms with Gasteiger partial charge in [-0.3, -0.25) is 0 Å². The Kier molecular flexibility index (Phi) is 7.58. The lowest BCUT2D eigenvalue weighted by Gasteiger charge is -2.35. The summed E-state index contributed by atoms with van der Waals surface area (Å²) in [5.41, 5.74) is 9.16. The lowest BCUT2D eigenvalue weighted by molar-refractivity contribution is 0.669. The van der Waals surface area contributed by atoms with Crippen LogP contribution in [0.4, 0.5) is 0 Å². The minimum atomic E-state index is -2.94. The molecule has 0 amide bonds. The van der Waals surface area contributed by atoms with Crippen LogP contribution in [0.1, 0.15) is 5.56 Å². The molecule has 0 radical (unpaired) electrons. The van der Waals surface area contributed by atoms with Crippen LogP contribution in [0.2, 0.25) is 0 Å². The molecule has 3 heterocycles. The normalized spacial score (nSPS) is 12.0. The molecule has 0 saturated carbocycles. The average Bonchev–Trinajstić information content (AvgIpc) is 3.96. The minimum Gasteiger partial charge on any atom is -0.456 e. The summed E-state index contributed by atoms with van der Waals surface area (Å²) in [5.74, 6) is 0. The quantitative estimate of drug-likeness (QED) is 0.125. The van der Waals surface area contributed by atoms with Crippen molar-refractivity contribution in [1.29, 1.82) is 5.26 Å². The average molecular weight is 782 g/mol. The predicted molar refractivity (Wildman–Crippen MR) is 251 cm³/mol. The summed E-state index contributed by atoms with van der Waals surface area (Å²) < 4.78 is 11.1. The van der Waals surface area contributed by atoms with Crippen LogP contribution in [0.15, 0.2) is 217 Å². The second-order valence-corrected chi connectivity index (χ2v) is 19.4. The number of hydrogen-bond acceptors (Lipinski definition) is 2. The van der Waals surface area contributed by atoms with Crippen LogP contribution >= 0.6 is 0 Å². The Morgan fingerprint density at radius 3 is 1.58 bits per heavy atom. The summed E-state index contributed by atoms with van der Waals surface area (Å²) in [6.45, 7) is 0. The van der Waals surface area contributed by atoms with E-state index < -0.39 is 8.07 Å². The van der Waals surface area contributed by atoms with Gasteiger partial charge < -0.3 is 13.6 Å². The van der Waals surface area contributed by atoms with E-state index in [1.807, 2.05) is 24.3 Å². The van der Waals surface area contributed by atoms with Crippen molar-refractivity contribution in [2.45, 2.75) is 0 Å². The number of hydrogen-bond donors (Lipinski definition) is 0. The zero-order chi connectivity index (χ0) is 39.8. The Morgan fingerprint density at radius 1 is 0.350 bits per heavy atom. The van der Waals surface area contributed by atoms with Gasteiger partial charge in [0.25, 0.3) is 0 Å². The van der Waals surface area contributed by atoms with Gasteiger partial charge in [-0.15, -0.1) is 0 Å². The van der Waals surface area contributed by atoms with Crippen molar-refractivity contribution in [2.75, 3.05) is 0 Å². The van der Waals surface area contributed by atoms with Gasteiger partial charge in [0.1, 0.15) is 11.2 Å². The Balaban J connectivity index is 1.10. The SMILES string of the molecule is N#Cc1ccc2c(c1)c1ccccc1n2-c1cccc([Si](c2ccccc2)(c2ccccc2)c2ccc(-n3c4ccccc4c4cc5oc6ccccc6c5cc43)cc2)c1. The van der Waals surface area contributed by atoms with Crippen molar-refractivity contribution in [3.05, 3.63) is 218 Å². The van der Waals surface area contributed by atoms with Crippen LogP contribution < -0.4 is 20.7 Å². The largest absolute Gasteiger partial charge is 0.456 e. The molecule has 3 aromatic heterocycles. The molecule has 0 N–H and O–H groups in total. The fourth-order valence-electron chi connectivity index (χ4n) is 9.90. The van der Waals surface area contributed by atoms with E-state index in [1.54, 1.807) is 0 Å². The monoisotopic (exact) mass is 781 g/mol. The molecule has 0 aliphatic rings. The van der Waals surface area contributed by atoms with E-state index in [1.165, 1.54) is 31.5 Å². The predicted octanol–water partition coefficient (Wildman–Crippen LogP) is 11.0. The molecule has 9 aromatic carbocycles. The molecule has 280 valence electrons. The summed E-state index contributed by atoms with van der Waals surface area (Å²) in [6.07, 6.45) is 0. The van der Waals surface area contributed by atoms with Crippen LogP contribution in [0.25, 0.3) is 76.9 Å². The van der Waals surface area contributed by atoms with E-state index in [0.29, 0.717) is 5.56 Å². The maximum Gasteiger partial charge on any atom is 0.179 e. The third-order valence-electron chi connectivity index (χ3n) is 12.5. The highest BCUT2D eigenvalue weighted by Gasteiger charge is 2.41. The fourth-order valence-corrected chi connectivity index (χ4v) is 14.7. The molecule has 0 aliphatic heterocycles. The second kappa shape index (κ2) is 13.3. The van der Waals surface area contributed by atoms with Gasteiger partial charge in [0.15, 0.2) is 8.07 Å². The van der Waals surface area contributed by atoms with Gasteiger partial charge in [-0.25, -0.2) is 0 Å². The van der Waals surface area contributed by atoms with Gasteiger partial charge in [0.05, 0.1) is 33.7 Å². The Hall–Kier alpha value is -7.91. The first-order chi connectivity index (χ1) is 29.7. The lowest BCUT2D eigenvalue weighted by Crippen LogP contribution is -2.74. The van der Waals surface area contributed by atoms with Crippen LogP contribution in [-0.2, 0) is 0 Å². The zero-order valence-electron chi connectivity index (χ0n) is 32.5. The van der Waals surface area contributed by atoms with Gasteiger partial charge >= 0.3 is 0 Å². The van der Waals surface area contributed by atoms with Crippen molar-refractivity contribution in [2.24, 2.45) is 0 Å². The number of fused-ring (bicyclic) bond motifs is 9. The second-order valence-electron chi connectivity index (χ2n) is 15.6. The molecule has 0 bridgehead atoms. The van der Waals surface area contributed by atoms with E-state index in [-0.39, 0.29) is 0 Å². The molecule has 12 rings (SSSR count). The highest BCUT2D eigenvalue weighted by Crippen LogP contribution is 2.38. The summed E-state index contributed by atoms with van der Waals surface area (Å²) in [4.78, 5) is 0. The number of benzene rings is 9. The first-order valence-electron chi connectivity index (χ1n) is 20.3. The third-order valence-corrected chi connectivity index (χ3v) is 17.3. The van der Waals surface area contributed by atoms with Gasteiger partial charge in [-0.05, 0) is 93.5 Å².